The first kappa shape index (κ1) is 13.2. The summed E-state index contributed by atoms with van der Waals surface area (Å²) in [5.74, 6) is 0. The van der Waals surface area contributed by atoms with Crippen molar-refractivity contribution in [3.8, 4) is 0 Å². The quantitative estimate of drug-likeness (QED) is 0.513. The molecule has 0 atom stereocenters. The Bertz CT molecular complexity index is 252. The standard InChI is InChI=1S/2C5Br.Fe/c2*6-5-3-1-2-4-5;/q2*-5;. The van der Waals surface area contributed by atoms with E-state index in [2.05, 4.69) is 80.4 Å². The summed E-state index contributed by atoms with van der Waals surface area (Å²) >= 11 is 6.22. The summed E-state index contributed by atoms with van der Waals surface area (Å²) in [5, 5.41) is 0. The van der Waals surface area contributed by atoms with Crippen molar-refractivity contribution in [3.63, 3.8) is 0 Å². The summed E-state index contributed by atoms with van der Waals surface area (Å²) in [6.45, 7) is 0. The van der Waals surface area contributed by atoms with E-state index >= 15 is 0 Å². The van der Waals surface area contributed by atoms with Crippen LogP contribution in [0.15, 0.2) is 8.95 Å². The van der Waals surface area contributed by atoms with Gasteiger partial charge in [-0.05, 0) is 0 Å². The maximum Gasteiger partial charge on any atom is 0 e. The van der Waals surface area contributed by atoms with Gasteiger partial charge < -0.3 is 89.3 Å². The van der Waals surface area contributed by atoms with Crippen molar-refractivity contribution in [2.45, 2.75) is 0 Å². The predicted molar refractivity (Wildman–Crippen MR) is 50.2 cm³/mol. The normalized spacial score (nSPS) is 8.15. The van der Waals surface area contributed by atoms with Crippen LogP contribution in [0.4, 0.5) is 0 Å². The summed E-state index contributed by atoms with van der Waals surface area (Å²) in [5.41, 5.74) is 0. The zero-order chi connectivity index (χ0) is 8.81. The molecule has 0 spiro atoms. The molecule has 0 aromatic heterocycles. The molecule has 0 amide bonds. The molecule has 0 nitrogen and oxygen atoms in total. The Morgan fingerprint density at radius 2 is 0.846 bits per heavy atom. The summed E-state index contributed by atoms with van der Waals surface area (Å²) in [6.07, 6.45) is 0. The van der Waals surface area contributed by atoms with Crippen LogP contribution in [0.25, 0.3) is 0 Å². The van der Waals surface area contributed by atoms with Crippen molar-refractivity contribution in [1.29, 1.82) is 0 Å². The molecule has 0 aliphatic heterocycles. The second kappa shape index (κ2) is 7.57. The topological polar surface area (TPSA) is 0 Å². The second-order valence-corrected chi connectivity index (χ2v) is 3.21. The molecule has 3 heteroatoms. The number of rotatable bonds is 0. The van der Waals surface area contributed by atoms with Crippen LogP contribution < -0.4 is 0 Å². The van der Waals surface area contributed by atoms with E-state index in [1.165, 1.54) is 0 Å². The fourth-order valence-electron chi connectivity index (χ4n) is 0.407. The van der Waals surface area contributed by atoms with E-state index in [0.717, 1.165) is 8.95 Å². The SMILES string of the molecule is Br[c-]1[c-][c-][c-][c-]1.Br[c-]1[c-][c-][c-][c-]1.[Fe]. The van der Waals surface area contributed by atoms with Crippen molar-refractivity contribution >= 4 is 31.9 Å². The molecule has 2 rings (SSSR count). The molecule has 0 N–H and O–H groups in total. The van der Waals surface area contributed by atoms with Crippen molar-refractivity contribution < 1.29 is 17.1 Å². The first-order valence-electron chi connectivity index (χ1n) is 2.88. The minimum atomic E-state index is 0. The van der Waals surface area contributed by atoms with Gasteiger partial charge in [0, 0.05) is 17.1 Å². The van der Waals surface area contributed by atoms with Crippen molar-refractivity contribution in [2.75, 3.05) is 0 Å². The maximum absolute atomic E-state index is 3.11. The van der Waals surface area contributed by atoms with Crippen LogP contribution >= 0.6 is 31.9 Å². The zero-order valence-electron chi connectivity index (χ0n) is 6.11. The van der Waals surface area contributed by atoms with Crippen LogP contribution in [0.1, 0.15) is 0 Å². The third-order valence-corrected chi connectivity index (χ3v) is 1.61. The first-order valence-corrected chi connectivity index (χ1v) is 4.46. The predicted octanol–water partition coefficient (Wildman–Crippen LogP) is 2.74. The summed E-state index contributed by atoms with van der Waals surface area (Å²) in [4.78, 5) is 0. The molecule has 0 bridgehead atoms. The summed E-state index contributed by atoms with van der Waals surface area (Å²) < 4.78 is 1.59. The number of hydrogen-bond acceptors (Lipinski definition) is 0. The number of hydrogen-bond donors (Lipinski definition) is 0. The van der Waals surface area contributed by atoms with E-state index in [1.54, 1.807) is 0 Å². The minimum Gasteiger partial charge on any atom is -0.998 e. The van der Waals surface area contributed by atoms with Gasteiger partial charge in [-0.3, -0.25) is 0 Å². The average Bonchev–Trinajstić information content (AvgIpc) is 2.63. The molecule has 72 valence electrons. The van der Waals surface area contributed by atoms with Crippen LogP contribution in [0.5, 0.6) is 0 Å². The molecule has 0 saturated carbocycles. The van der Waals surface area contributed by atoms with Gasteiger partial charge >= 0.3 is 0 Å². The zero-order valence-corrected chi connectivity index (χ0v) is 10.4. The monoisotopic (exact) mass is 334 g/mol. The average molecular weight is 336 g/mol. The van der Waals surface area contributed by atoms with Gasteiger partial charge in [0.15, 0.2) is 0 Å². The largest absolute Gasteiger partial charge is 0.998 e. The Labute approximate surface area is 106 Å². The summed E-state index contributed by atoms with van der Waals surface area (Å²) in [6, 6.07) is 21.0. The molecule has 0 fully saturated rings. The molecule has 0 aliphatic carbocycles. The number of halogens is 2. The Balaban J connectivity index is 0.000000206. The third kappa shape index (κ3) is 6.28. The molecule has 0 unspecified atom stereocenters. The van der Waals surface area contributed by atoms with Crippen LogP contribution in [-0.2, 0) is 17.1 Å². The van der Waals surface area contributed by atoms with E-state index in [-0.39, 0.29) is 17.1 Å². The van der Waals surface area contributed by atoms with Gasteiger partial charge in [-0.2, -0.15) is 0 Å². The van der Waals surface area contributed by atoms with Crippen LogP contribution in [0, 0.1) is 48.5 Å². The van der Waals surface area contributed by atoms with Crippen molar-refractivity contribution in [3.05, 3.63) is 57.5 Å². The molecule has 0 saturated heterocycles. The van der Waals surface area contributed by atoms with E-state index in [4.69, 9.17) is 0 Å². The molecule has 0 radical (unpaired) electrons. The Morgan fingerprint density at radius 3 is 0.923 bits per heavy atom. The van der Waals surface area contributed by atoms with Crippen molar-refractivity contribution in [1.82, 2.24) is 0 Å². The third-order valence-electron chi connectivity index (χ3n) is 0.814. The van der Waals surface area contributed by atoms with Gasteiger partial charge in [0.25, 0.3) is 0 Å². The van der Waals surface area contributed by atoms with Gasteiger partial charge in [0.05, 0.1) is 0 Å². The second-order valence-electron chi connectivity index (χ2n) is 1.63. The molecular formula is C10Br2Fe-10. The summed E-state index contributed by atoms with van der Waals surface area (Å²) in [7, 11) is 0. The molecule has 0 aliphatic rings. The van der Waals surface area contributed by atoms with E-state index in [0.29, 0.717) is 0 Å². The molecular weight excluding hydrogens is 336 g/mol. The van der Waals surface area contributed by atoms with Gasteiger partial charge in [-0.25, -0.2) is 0 Å². The van der Waals surface area contributed by atoms with Crippen LogP contribution in [0.3, 0.4) is 0 Å². The Kier molecular flexibility index (Phi) is 7.68. The van der Waals surface area contributed by atoms with Crippen LogP contribution in [0.2, 0.25) is 0 Å². The van der Waals surface area contributed by atoms with Gasteiger partial charge in [-0.15, -0.1) is 0 Å². The van der Waals surface area contributed by atoms with E-state index < -0.39 is 0 Å². The first-order chi connectivity index (χ1) is 5.79. The molecule has 13 heavy (non-hydrogen) atoms. The fraction of sp³-hybridized carbons (Fsp3) is 0. The minimum absolute atomic E-state index is 0. The van der Waals surface area contributed by atoms with Gasteiger partial charge in [0.2, 0.25) is 0 Å². The van der Waals surface area contributed by atoms with Crippen LogP contribution in [-0.4, -0.2) is 0 Å². The Hall–Kier alpha value is 0.179. The maximum atomic E-state index is 3.11. The molecule has 2 aromatic carbocycles. The Morgan fingerprint density at radius 1 is 0.615 bits per heavy atom. The van der Waals surface area contributed by atoms with Gasteiger partial charge in [0.1, 0.15) is 0 Å². The molecule has 0 heterocycles. The van der Waals surface area contributed by atoms with E-state index in [9.17, 15) is 0 Å². The smallest absolute Gasteiger partial charge is 0 e. The fourth-order valence-corrected chi connectivity index (χ4v) is 0.803. The van der Waals surface area contributed by atoms with E-state index in [1.807, 2.05) is 0 Å². The van der Waals surface area contributed by atoms with Gasteiger partial charge in [-0.1, -0.05) is 0 Å². The molecule has 2 aromatic rings. The van der Waals surface area contributed by atoms with Crippen molar-refractivity contribution in [2.24, 2.45) is 0 Å².